The van der Waals surface area contributed by atoms with E-state index in [0.29, 0.717) is 5.82 Å². The number of rotatable bonds is 2. The number of nitrogens with one attached hydrogen (secondary N) is 1. The highest BCUT2D eigenvalue weighted by atomic mass is 16.1. The summed E-state index contributed by atoms with van der Waals surface area (Å²) in [5.41, 5.74) is 9.76. The Morgan fingerprint density at radius 2 is 2.08 bits per heavy atom. The summed E-state index contributed by atoms with van der Waals surface area (Å²) in [6.07, 6.45) is 6.48. The normalized spacial score (nSPS) is 21.8. The minimum Gasteiger partial charge on any atom is -0.352 e. The number of hydrogen-bond donors (Lipinski definition) is 2. The Kier molecular flexibility index (Phi) is 3.87. The molecule has 6 heteroatoms. The van der Waals surface area contributed by atoms with Crippen LogP contribution in [0.25, 0.3) is 0 Å². The second-order valence-corrected chi connectivity index (χ2v) is 7.69. The average Bonchev–Trinajstić information content (AvgIpc) is 2.88. The van der Waals surface area contributed by atoms with Crippen LogP contribution in [0.4, 0.5) is 5.82 Å². The largest absolute Gasteiger partial charge is 0.352 e. The molecule has 0 unspecified atom stereocenters. The SMILES string of the molecule is CC(C)c1cnc(N2CCC3(CC2)Cc2ncccc2[C@H]3N)c(=O)[nH]1. The van der Waals surface area contributed by atoms with Crippen LogP contribution in [0, 0.1) is 5.41 Å². The van der Waals surface area contributed by atoms with Crippen molar-refractivity contribution in [3.63, 3.8) is 0 Å². The fraction of sp³-hybridized carbons (Fsp3) is 0.526. The Balaban J connectivity index is 1.52. The van der Waals surface area contributed by atoms with Gasteiger partial charge in [0.2, 0.25) is 0 Å². The molecule has 1 aliphatic carbocycles. The molecule has 0 amide bonds. The summed E-state index contributed by atoms with van der Waals surface area (Å²) in [5, 5.41) is 0. The molecule has 6 nitrogen and oxygen atoms in total. The first-order valence-corrected chi connectivity index (χ1v) is 9.04. The van der Waals surface area contributed by atoms with Gasteiger partial charge in [-0.25, -0.2) is 4.98 Å². The maximum absolute atomic E-state index is 12.4. The number of H-pyrrole nitrogens is 1. The van der Waals surface area contributed by atoms with Gasteiger partial charge in [0.25, 0.3) is 5.56 Å². The van der Waals surface area contributed by atoms with Crippen molar-refractivity contribution in [1.82, 2.24) is 15.0 Å². The second-order valence-electron chi connectivity index (χ2n) is 7.69. The van der Waals surface area contributed by atoms with E-state index in [1.54, 1.807) is 6.20 Å². The summed E-state index contributed by atoms with van der Waals surface area (Å²) in [5.74, 6) is 0.794. The van der Waals surface area contributed by atoms with E-state index >= 15 is 0 Å². The lowest BCUT2D eigenvalue weighted by atomic mass is 9.73. The molecule has 1 fully saturated rings. The van der Waals surface area contributed by atoms with E-state index in [1.165, 1.54) is 5.56 Å². The van der Waals surface area contributed by atoms with Crippen LogP contribution in [0.15, 0.2) is 29.3 Å². The number of aromatic nitrogens is 3. The number of nitrogens with two attached hydrogens (primary N) is 1. The van der Waals surface area contributed by atoms with Gasteiger partial charge < -0.3 is 15.6 Å². The van der Waals surface area contributed by atoms with Gasteiger partial charge in [0.15, 0.2) is 5.82 Å². The average molecular weight is 339 g/mol. The molecule has 0 saturated carbocycles. The molecule has 2 aromatic rings. The maximum Gasteiger partial charge on any atom is 0.291 e. The molecular weight excluding hydrogens is 314 g/mol. The summed E-state index contributed by atoms with van der Waals surface area (Å²) in [6.45, 7) is 5.70. The van der Waals surface area contributed by atoms with Gasteiger partial charge in [0.05, 0.1) is 0 Å². The van der Waals surface area contributed by atoms with Crippen molar-refractivity contribution < 1.29 is 0 Å². The van der Waals surface area contributed by atoms with Crippen LogP contribution >= 0.6 is 0 Å². The van der Waals surface area contributed by atoms with E-state index in [1.807, 2.05) is 26.1 Å². The van der Waals surface area contributed by atoms with Gasteiger partial charge >= 0.3 is 0 Å². The fourth-order valence-electron chi connectivity index (χ4n) is 4.23. The molecule has 3 N–H and O–H groups in total. The topological polar surface area (TPSA) is 87.9 Å². The van der Waals surface area contributed by atoms with Crippen LogP contribution in [-0.4, -0.2) is 28.0 Å². The van der Waals surface area contributed by atoms with Gasteiger partial charge in [-0.15, -0.1) is 0 Å². The van der Waals surface area contributed by atoms with Crippen LogP contribution in [0.5, 0.6) is 0 Å². The smallest absolute Gasteiger partial charge is 0.291 e. The van der Waals surface area contributed by atoms with Gasteiger partial charge in [-0.3, -0.25) is 9.78 Å². The minimum atomic E-state index is -0.0946. The lowest BCUT2D eigenvalue weighted by Gasteiger charge is -2.42. The molecule has 2 aliphatic rings. The Bertz CT molecular complexity index is 836. The fourth-order valence-corrected chi connectivity index (χ4v) is 4.23. The van der Waals surface area contributed by atoms with E-state index in [0.717, 1.165) is 43.7 Å². The quantitative estimate of drug-likeness (QED) is 0.875. The van der Waals surface area contributed by atoms with Crippen molar-refractivity contribution in [3.8, 4) is 0 Å². The third kappa shape index (κ3) is 2.65. The summed E-state index contributed by atoms with van der Waals surface area (Å²) in [4.78, 5) is 26.4. The zero-order valence-corrected chi connectivity index (χ0v) is 14.8. The van der Waals surface area contributed by atoms with E-state index in [9.17, 15) is 4.79 Å². The van der Waals surface area contributed by atoms with E-state index in [-0.39, 0.29) is 22.9 Å². The predicted octanol–water partition coefficient (Wildman–Crippen LogP) is 2.13. The van der Waals surface area contributed by atoms with Crippen molar-refractivity contribution in [2.24, 2.45) is 11.1 Å². The Morgan fingerprint density at radius 3 is 2.72 bits per heavy atom. The zero-order valence-electron chi connectivity index (χ0n) is 14.8. The first-order valence-electron chi connectivity index (χ1n) is 9.04. The van der Waals surface area contributed by atoms with Gasteiger partial charge in [-0.2, -0.15) is 0 Å². The van der Waals surface area contributed by atoms with E-state index in [4.69, 9.17) is 5.73 Å². The van der Waals surface area contributed by atoms with E-state index in [2.05, 4.69) is 25.9 Å². The van der Waals surface area contributed by atoms with Crippen LogP contribution in [0.3, 0.4) is 0 Å². The molecular formula is C19H25N5O. The second kappa shape index (κ2) is 5.95. The summed E-state index contributed by atoms with van der Waals surface area (Å²) >= 11 is 0. The first-order chi connectivity index (χ1) is 12.0. The molecule has 4 rings (SSSR count). The molecule has 3 heterocycles. The van der Waals surface area contributed by atoms with Crippen LogP contribution in [0.1, 0.15) is 55.6 Å². The van der Waals surface area contributed by atoms with Crippen LogP contribution in [-0.2, 0) is 6.42 Å². The molecule has 0 bridgehead atoms. The molecule has 1 aliphatic heterocycles. The van der Waals surface area contributed by atoms with Crippen molar-refractivity contribution in [2.45, 2.75) is 45.1 Å². The Labute approximate surface area is 147 Å². The van der Waals surface area contributed by atoms with Gasteiger partial charge in [0, 0.05) is 42.9 Å². The van der Waals surface area contributed by atoms with E-state index < -0.39 is 0 Å². The number of hydrogen-bond acceptors (Lipinski definition) is 5. The van der Waals surface area contributed by atoms with Crippen molar-refractivity contribution >= 4 is 5.82 Å². The highest BCUT2D eigenvalue weighted by Crippen LogP contribution is 2.50. The number of fused-ring (bicyclic) bond motifs is 1. The predicted molar refractivity (Wildman–Crippen MR) is 97.7 cm³/mol. The molecule has 0 aromatic carbocycles. The summed E-state index contributed by atoms with van der Waals surface area (Å²) in [6, 6.07) is 4.10. The Morgan fingerprint density at radius 1 is 1.32 bits per heavy atom. The molecule has 0 radical (unpaired) electrons. The maximum atomic E-state index is 12.4. The number of piperidine rings is 1. The number of aromatic amines is 1. The summed E-state index contributed by atoms with van der Waals surface area (Å²) < 4.78 is 0. The number of nitrogens with zero attached hydrogens (tertiary/aromatic N) is 3. The standard InChI is InChI=1S/C19H25N5O/c1-12(2)15-11-22-17(18(25)23-15)24-8-5-19(6-9-24)10-14-13(16(19)20)4-3-7-21-14/h3-4,7,11-12,16H,5-6,8-10,20H2,1-2H3,(H,23,25)/t16-/m1/s1. The zero-order chi connectivity index (χ0) is 17.6. The van der Waals surface area contributed by atoms with Gasteiger partial charge in [-0.1, -0.05) is 19.9 Å². The number of anilines is 1. The molecule has 1 spiro atoms. The van der Waals surface area contributed by atoms with Crippen molar-refractivity contribution in [1.29, 1.82) is 0 Å². The molecule has 25 heavy (non-hydrogen) atoms. The molecule has 1 atom stereocenters. The highest BCUT2D eigenvalue weighted by Gasteiger charge is 2.46. The van der Waals surface area contributed by atoms with Crippen LogP contribution in [0.2, 0.25) is 0 Å². The molecule has 2 aromatic heterocycles. The first kappa shape index (κ1) is 16.3. The van der Waals surface area contributed by atoms with Gasteiger partial charge in [-0.05, 0) is 42.2 Å². The van der Waals surface area contributed by atoms with Crippen LogP contribution < -0.4 is 16.2 Å². The summed E-state index contributed by atoms with van der Waals surface area (Å²) in [7, 11) is 0. The van der Waals surface area contributed by atoms with Crippen molar-refractivity contribution in [2.75, 3.05) is 18.0 Å². The molecule has 1 saturated heterocycles. The Hall–Kier alpha value is -2.21. The lowest BCUT2D eigenvalue weighted by molar-refractivity contribution is 0.186. The van der Waals surface area contributed by atoms with Crippen molar-refractivity contribution in [3.05, 3.63) is 51.8 Å². The third-order valence-corrected chi connectivity index (χ3v) is 5.91. The third-order valence-electron chi connectivity index (χ3n) is 5.91. The molecule has 132 valence electrons. The lowest BCUT2D eigenvalue weighted by Crippen LogP contribution is -2.46. The number of pyridine rings is 1. The minimum absolute atomic E-state index is 0.0351. The van der Waals surface area contributed by atoms with Gasteiger partial charge in [0.1, 0.15) is 0 Å². The highest BCUT2D eigenvalue weighted by molar-refractivity contribution is 5.39. The monoisotopic (exact) mass is 339 g/mol.